The van der Waals surface area contributed by atoms with Crippen LogP contribution in [-0.4, -0.2) is 80.5 Å². The Balaban J connectivity index is 1.34. The fourth-order valence-electron chi connectivity index (χ4n) is 4.96. The molecule has 0 aromatic heterocycles. The van der Waals surface area contributed by atoms with Gasteiger partial charge in [-0.05, 0) is 62.8 Å². The number of hydrogen-bond acceptors (Lipinski definition) is 6. The number of nitrogens with zero attached hydrogens (tertiary/aromatic N) is 2. The fourth-order valence-corrected chi connectivity index (χ4v) is 6.41. The molecule has 1 aliphatic carbocycles. The molecule has 3 amide bonds. The summed E-state index contributed by atoms with van der Waals surface area (Å²) in [6, 6.07) is 5.39. The third-order valence-corrected chi connectivity index (χ3v) is 9.10. The Hall–Kier alpha value is -2.50. The summed E-state index contributed by atoms with van der Waals surface area (Å²) in [4.78, 5) is 39.9. The van der Waals surface area contributed by atoms with Crippen molar-refractivity contribution in [2.24, 2.45) is 5.92 Å². The van der Waals surface area contributed by atoms with Crippen molar-refractivity contribution in [1.29, 1.82) is 0 Å². The highest BCUT2D eigenvalue weighted by molar-refractivity contribution is 7.89. The van der Waals surface area contributed by atoms with Crippen LogP contribution < -0.4 is 10.2 Å². The average molecular weight is 494 g/mol. The predicted molar refractivity (Wildman–Crippen MR) is 122 cm³/mol. The van der Waals surface area contributed by atoms with Gasteiger partial charge in [0, 0.05) is 0 Å². The van der Waals surface area contributed by atoms with Crippen molar-refractivity contribution >= 4 is 27.9 Å². The molecule has 1 saturated carbocycles. The Morgan fingerprint density at radius 3 is 2.35 bits per heavy atom. The van der Waals surface area contributed by atoms with Gasteiger partial charge < -0.3 is 15.0 Å². The Morgan fingerprint density at radius 1 is 1.15 bits per heavy atom. The Labute approximate surface area is 200 Å². The lowest BCUT2D eigenvalue weighted by atomic mass is 9.77. The molecule has 186 valence electrons. The van der Waals surface area contributed by atoms with Crippen LogP contribution in [-0.2, 0) is 19.6 Å². The number of rotatable bonds is 6. The van der Waals surface area contributed by atoms with Gasteiger partial charge in [0.15, 0.2) is 6.67 Å². The van der Waals surface area contributed by atoms with E-state index in [2.05, 4.69) is 12.2 Å². The standard InChI is InChI=1S/C23H32N4O6S/c1-3-33-20(28)18-4-6-19(7-5-18)34(31,32)26-14-12-25(13-15-26)16-27-21(29)23(24-22(27)30)10-8-17(2)9-11-23/h4-7,17H,3,8-16H2,1-2H3,(H,24,30)/p+1. The van der Waals surface area contributed by atoms with Gasteiger partial charge in [0.25, 0.3) is 5.91 Å². The third-order valence-electron chi connectivity index (χ3n) is 7.19. The van der Waals surface area contributed by atoms with Crippen LogP contribution >= 0.6 is 0 Å². The molecule has 34 heavy (non-hydrogen) atoms. The van der Waals surface area contributed by atoms with E-state index in [1.54, 1.807) is 6.92 Å². The SMILES string of the molecule is CCOC(=O)c1ccc(S(=O)(=O)N2CC[NH+](CN3C(=O)NC4(CCC(C)CC4)C3=O)CC2)cc1. The Kier molecular flexibility index (Phi) is 6.97. The molecular weight excluding hydrogens is 460 g/mol. The van der Waals surface area contributed by atoms with Crippen LogP contribution in [0, 0.1) is 5.92 Å². The summed E-state index contributed by atoms with van der Waals surface area (Å²) in [6.45, 7) is 5.90. The van der Waals surface area contributed by atoms with E-state index in [4.69, 9.17) is 4.74 Å². The first-order chi connectivity index (χ1) is 16.2. The highest BCUT2D eigenvalue weighted by Gasteiger charge is 2.53. The smallest absolute Gasteiger partial charge is 0.338 e. The number of sulfonamides is 1. The molecule has 4 rings (SSSR count). The quantitative estimate of drug-likeness (QED) is 0.432. The van der Waals surface area contributed by atoms with Gasteiger partial charge >= 0.3 is 12.0 Å². The van der Waals surface area contributed by atoms with Gasteiger partial charge in [-0.2, -0.15) is 4.31 Å². The number of amides is 3. The first-order valence-electron chi connectivity index (χ1n) is 11.9. The number of benzene rings is 1. The van der Waals surface area contributed by atoms with E-state index in [1.165, 1.54) is 33.5 Å². The second-order valence-corrected chi connectivity index (χ2v) is 11.4. The largest absolute Gasteiger partial charge is 0.462 e. The Morgan fingerprint density at radius 2 is 1.76 bits per heavy atom. The first-order valence-corrected chi connectivity index (χ1v) is 13.4. The molecule has 2 N–H and O–H groups in total. The number of imide groups is 1. The van der Waals surface area contributed by atoms with Crippen LogP contribution in [0.5, 0.6) is 0 Å². The normalized spacial score (nSPS) is 26.6. The van der Waals surface area contributed by atoms with Gasteiger partial charge in [-0.3, -0.25) is 4.79 Å². The minimum Gasteiger partial charge on any atom is -0.462 e. The summed E-state index contributed by atoms with van der Waals surface area (Å²) in [5.74, 6) is -0.0753. The molecule has 11 heteroatoms. The molecule has 2 heterocycles. The van der Waals surface area contributed by atoms with E-state index in [1.807, 2.05) is 0 Å². The number of quaternary nitrogens is 1. The van der Waals surface area contributed by atoms with Crippen LogP contribution in [0.15, 0.2) is 29.2 Å². The molecule has 1 aromatic carbocycles. The zero-order chi connectivity index (χ0) is 24.5. The van der Waals surface area contributed by atoms with Crippen LogP contribution in [0.3, 0.4) is 0 Å². The molecule has 1 aromatic rings. The monoisotopic (exact) mass is 493 g/mol. The Bertz CT molecular complexity index is 1040. The summed E-state index contributed by atoms with van der Waals surface area (Å²) in [5, 5.41) is 2.94. The summed E-state index contributed by atoms with van der Waals surface area (Å²) in [6.07, 6.45) is 3.19. The highest BCUT2D eigenvalue weighted by atomic mass is 32.2. The van der Waals surface area contributed by atoms with Gasteiger partial charge in [0.2, 0.25) is 10.0 Å². The van der Waals surface area contributed by atoms with Gasteiger partial charge in [-0.15, -0.1) is 0 Å². The maximum Gasteiger partial charge on any atom is 0.338 e. The van der Waals surface area contributed by atoms with Crippen molar-refractivity contribution in [3.63, 3.8) is 0 Å². The molecule has 3 fully saturated rings. The summed E-state index contributed by atoms with van der Waals surface area (Å²) < 4.78 is 32.4. The average Bonchev–Trinajstić information content (AvgIpc) is 3.05. The summed E-state index contributed by atoms with van der Waals surface area (Å²) in [5.41, 5.74) is -0.460. The predicted octanol–water partition coefficient (Wildman–Crippen LogP) is 0.211. The molecule has 10 nitrogen and oxygen atoms in total. The van der Waals surface area contributed by atoms with Crippen molar-refractivity contribution in [3.05, 3.63) is 29.8 Å². The molecule has 3 aliphatic rings. The molecule has 2 aliphatic heterocycles. The topological polar surface area (TPSA) is 118 Å². The lowest BCUT2D eigenvalue weighted by Gasteiger charge is -2.34. The van der Waals surface area contributed by atoms with Gasteiger partial charge in [-0.1, -0.05) is 6.92 Å². The number of esters is 1. The molecule has 0 radical (unpaired) electrons. The number of ether oxygens (including phenoxy) is 1. The van der Waals surface area contributed by atoms with Gasteiger partial charge in [0.05, 0.1) is 43.2 Å². The van der Waals surface area contributed by atoms with E-state index in [0.717, 1.165) is 17.7 Å². The van der Waals surface area contributed by atoms with Crippen molar-refractivity contribution in [3.8, 4) is 0 Å². The lowest BCUT2D eigenvalue weighted by Crippen LogP contribution is -3.16. The van der Waals surface area contributed by atoms with Crippen molar-refractivity contribution in [1.82, 2.24) is 14.5 Å². The van der Waals surface area contributed by atoms with Crippen LogP contribution in [0.1, 0.15) is 49.9 Å². The zero-order valence-electron chi connectivity index (χ0n) is 19.7. The lowest BCUT2D eigenvalue weighted by molar-refractivity contribution is -0.910. The van der Waals surface area contributed by atoms with E-state index < -0.39 is 21.5 Å². The van der Waals surface area contributed by atoms with E-state index in [9.17, 15) is 22.8 Å². The third kappa shape index (κ3) is 4.69. The van der Waals surface area contributed by atoms with Crippen LogP contribution in [0.4, 0.5) is 4.79 Å². The highest BCUT2D eigenvalue weighted by Crippen LogP contribution is 2.36. The second kappa shape index (κ2) is 9.63. The second-order valence-electron chi connectivity index (χ2n) is 9.49. The van der Waals surface area contributed by atoms with E-state index >= 15 is 0 Å². The van der Waals surface area contributed by atoms with Crippen LogP contribution in [0.2, 0.25) is 0 Å². The van der Waals surface area contributed by atoms with Crippen molar-refractivity contribution in [2.45, 2.75) is 50.0 Å². The number of urea groups is 1. The first kappa shape index (κ1) is 24.6. The zero-order valence-corrected chi connectivity index (χ0v) is 20.5. The fraction of sp³-hybridized carbons (Fsp3) is 0.609. The number of carbonyl (C=O) groups excluding carboxylic acids is 3. The van der Waals surface area contributed by atoms with Crippen molar-refractivity contribution < 1.29 is 32.4 Å². The van der Waals surface area contributed by atoms with Crippen molar-refractivity contribution in [2.75, 3.05) is 39.5 Å². The van der Waals surface area contributed by atoms with Gasteiger partial charge in [-0.25, -0.2) is 22.9 Å². The summed E-state index contributed by atoms with van der Waals surface area (Å²) in [7, 11) is -3.71. The molecule has 0 unspecified atom stereocenters. The number of nitrogens with one attached hydrogen (secondary N) is 2. The number of hydrogen-bond donors (Lipinski definition) is 2. The molecule has 0 atom stereocenters. The number of piperazine rings is 1. The van der Waals surface area contributed by atoms with E-state index in [-0.39, 0.29) is 43.2 Å². The minimum absolute atomic E-state index is 0.117. The maximum absolute atomic E-state index is 13.1. The molecular formula is C23H33N4O6S+. The minimum atomic E-state index is -3.71. The molecule has 1 spiro atoms. The number of carbonyl (C=O) groups is 3. The van der Waals surface area contributed by atoms with E-state index in [0.29, 0.717) is 37.4 Å². The molecule has 0 bridgehead atoms. The molecule has 2 saturated heterocycles. The van der Waals surface area contributed by atoms with Crippen LogP contribution in [0.25, 0.3) is 0 Å². The summed E-state index contributed by atoms with van der Waals surface area (Å²) >= 11 is 0. The maximum atomic E-state index is 13.1. The van der Waals surface area contributed by atoms with Gasteiger partial charge in [0.1, 0.15) is 5.54 Å².